The third-order valence-corrected chi connectivity index (χ3v) is 3.46. The van der Waals surface area contributed by atoms with E-state index in [1.165, 1.54) is 5.56 Å². The smallest absolute Gasteiger partial charge is 0.224 e. The molecule has 3 N–H and O–H groups in total. The highest BCUT2D eigenvalue weighted by Gasteiger charge is 2.04. The fraction of sp³-hybridized carbons (Fsp3) is 0.158. The fourth-order valence-corrected chi connectivity index (χ4v) is 2.22. The maximum absolute atomic E-state index is 5.94. The Bertz CT molecular complexity index is 728. The van der Waals surface area contributed by atoms with Crippen LogP contribution >= 0.6 is 12.2 Å². The van der Waals surface area contributed by atoms with Gasteiger partial charge in [0, 0.05) is 6.54 Å². The van der Waals surface area contributed by atoms with Crippen molar-refractivity contribution in [2.24, 2.45) is 0 Å². The molecule has 0 aliphatic heterocycles. The minimum atomic E-state index is 0.504. The maximum atomic E-state index is 5.94. The van der Waals surface area contributed by atoms with Crippen molar-refractivity contribution in [3.05, 3.63) is 77.9 Å². The molecule has 0 heterocycles. The average molecular weight is 340 g/mol. The Labute approximate surface area is 148 Å². The van der Waals surface area contributed by atoms with Gasteiger partial charge in [-0.25, -0.2) is 0 Å². The molecular formula is C19H22N3OS+. The third kappa shape index (κ3) is 5.85. The Hall–Kier alpha value is -2.66. The first-order valence-corrected chi connectivity index (χ1v) is 8.10. The lowest BCUT2D eigenvalue weighted by Crippen LogP contribution is -2.82. The van der Waals surface area contributed by atoms with E-state index in [2.05, 4.69) is 47.5 Å². The number of hydrogen-bond donors (Lipinski definition) is 3. The van der Waals surface area contributed by atoms with Crippen molar-refractivity contribution < 1.29 is 9.84 Å². The van der Waals surface area contributed by atoms with E-state index >= 15 is 0 Å². The first-order valence-electron chi connectivity index (χ1n) is 7.70. The molecule has 0 saturated carbocycles. The van der Waals surface area contributed by atoms with Gasteiger partial charge in [-0.2, -0.15) is 0 Å². The molecule has 2 aromatic rings. The van der Waals surface area contributed by atoms with E-state index in [9.17, 15) is 0 Å². The molecule has 0 saturated heterocycles. The number of benzene rings is 2. The summed E-state index contributed by atoms with van der Waals surface area (Å²) in [7, 11) is 0. The normalized spacial score (nSPS) is 10.4. The van der Waals surface area contributed by atoms with Crippen LogP contribution < -0.4 is 20.6 Å². The van der Waals surface area contributed by atoms with E-state index in [0.717, 1.165) is 16.9 Å². The van der Waals surface area contributed by atoms with Crippen LogP contribution in [0.4, 0.5) is 0 Å². The summed E-state index contributed by atoms with van der Waals surface area (Å²) < 4.78 is 5.94. The first kappa shape index (κ1) is 17.7. The predicted octanol–water partition coefficient (Wildman–Crippen LogP) is 1.64. The number of hydrazone groups is 1. The molecule has 0 fully saturated rings. The van der Waals surface area contributed by atoms with Gasteiger partial charge < -0.3 is 10.1 Å². The van der Waals surface area contributed by atoms with Crippen LogP contribution in [0.25, 0.3) is 0 Å². The molecule has 2 aromatic carbocycles. The van der Waals surface area contributed by atoms with Crippen LogP contribution in [0.2, 0.25) is 0 Å². The molecule has 0 spiro atoms. The molecule has 4 nitrogen and oxygen atoms in total. The lowest BCUT2D eigenvalue weighted by atomic mass is 10.1. The highest BCUT2D eigenvalue weighted by atomic mass is 32.1. The second kappa shape index (κ2) is 9.47. The van der Waals surface area contributed by atoms with Gasteiger partial charge in [0.15, 0.2) is 0 Å². The van der Waals surface area contributed by atoms with Gasteiger partial charge in [0.1, 0.15) is 12.4 Å². The second-order valence-corrected chi connectivity index (χ2v) is 5.64. The standard InChI is InChI=1S/C19H21N3OS/c1-3-11-20-19(24)22-21-13-17-9-4-5-10-18(17)23-14-16-8-6-7-15(2)12-16/h3-10,12-13H,1,11,14H2,2H3,(H2,20,22,24)/p+1. The number of rotatable bonds is 7. The van der Waals surface area contributed by atoms with E-state index < -0.39 is 0 Å². The van der Waals surface area contributed by atoms with Crippen molar-refractivity contribution in [2.75, 3.05) is 6.54 Å². The molecule has 24 heavy (non-hydrogen) atoms. The lowest BCUT2D eigenvalue weighted by molar-refractivity contribution is -0.500. The summed E-state index contributed by atoms with van der Waals surface area (Å²) in [6, 6.07) is 16.1. The SMILES string of the molecule is C=CCNC(=S)N[NH+]=Cc1ccccc1OCc1cccc(C)c1. The largest absolute Gasteiger partial charge is 0.488 e. The molecule has 0 bridgehead atoms. The van der Waals surface area contributed by atoms with Gasteiger partial charge in [-0.15, -0.1) is 17.1 Å². The fourth-order valence-electron chi connectivity index (χ4n) is 2.08. The number of para-hydroxylation sites is 1. The molecule has 0 amide bonds. The van der Waals surface area contributed by atoms with E-state index in [1.54, 1.807) is 6.08 Å². The van der Waals surface area contributed by atoms with Gasteiger partial charge in [0.05, 0.1) is 5.56 Å². The average Bonchev–Trinajstić information content (AvgIpc) is 2.59. The van der Waals surface area contributed by atoms with E-state index in [4.69, 9.17) is 17.0 Å². The summed E-state index contributed by atoms with van der Waals surface area (Å²) in [5.74, 6) is 0.804. The molecule has 0 atom stereocenters. The molecule has 0 aromatic heterocycles. The second-order valence-electron chi connectivity index (χ2n) is 5.23. The Morgan fingerprint density at radius 3 is 2.88 bits per heavy atom. The molecule has 124 valence electrons. The Morgan fingerprint density at radius 2 is 2.08 bits per heavy atom. The van der Waals surface area contributed by atoms with Gasteiger partial charge in [0.2, 0.25) is 11.3 Å². The van der Waals surface area contributed by atoms with Crippen molar-refractivity contribution in [3.8, 4) is 5.75 Å². The Kier molecular flexibility index (Phi) is 6.98. The van der Waals surface area contributed by atoms with Crippen molar-refractivity contribution in [2.45, 2.75) is 13.5 Å². The Balaban J connectivity index is 1.96. The summed E-state index contributed by atoms with van der Waals surface area (Å²) in [5.41, 5.74) is 6.19. The summed E-state index contributed by atoms with van der Waals surface area (Å²) in [6.45, 7) is 6.84. The van der Waals surface area contributed by atoms with E-state index in [1.807, 2.05) is 36.5 Å². The van der Waals surface area contributed by atoms with Crippen LogP contribution in [-0.2, 0) is 6.61 Å². The van der Waals surface area contributed by atoms with Gasteiger partial charge in [-0.1, -0.05) is 48.0 Å². The minimum Gasteiger partial charge on any atom is -0.488 e. The summed E-state index contributed by atoms with van der Waals surface area (Å²) >= 11 is 5.11. The van der Waals surface area contributed by atoms with Crippen LogP contribution in [0, 0.1) is 6.92 Å². The Morgan fingerprint density at radius 1 is 1.25 bits per heavy atom. The number of hydrazine groups is 1. The topological polar surface area (TPSA) is 47.3 Å². The van der Waals surface area contributed by atoms with Gasteiger partial charge in [0.25, 0.3) is 0 Å². The van der Waals surface area contributed by atoms with Crippen LogP contribution in [0.5, 0.6) is 5.75 Å². The molecule has 0 unspecified atom stereocenters. The van der Waals surface area contributed by atoms with Crippen molar-refractivity contribution in [1.29, 1.82) is 0 Å². The first-order chi connectivity index (χ1) is 11.7. The number of hydrogen-bond acceptors (Lipinski definition) is 2. The van der Waals surface area contributed by atoms with Gasteiger partial charge in [-0.3, -0.25) is 0 Å². The van der Waals surface area contributed by atoms with Crippen LogP contribution in [0.3, 0.4) is 0 Å². The quantitative estimate of drug-likeness (QED) is 0.310. The zero-order valence-electron chi connectivity index (χ0n) is 13.7. The molecular weight excluding hydrogens is 318 g/mol. The zero-order valence-corrected chi connectivity index (χ0v) is 14.5. The summed E-state index contributed by atoms with van der Waals surface area (Å²) in [6.07, 6.45) is 3.56. The van der Waals surface area contributed by atoms with Gasteiger partial charge >= 0.3 is 0 Å². The number of ether oxygens (including phenoxy) is 1. The zero-order chi connectivity index (χ0) is 17.2. The van der Waals surface area contributed by atoms with E-state index in [0.29, 0.717) is 18.3 Å². The van der Waals surface area contributed by atoms with E-state index in [-0.39, 0.29) is 0 Å². The highest BCUT2D eigenvalue weighted by molar-refractivity contribution is 7.80. The third-order valence-electron chi connectivity index (χ3n) is 3.22. The predicted molar refractivity (Wildman–Crippen MR) is 102 cm³/mol. The molecule has 0 radical (unpaired) electrons. The molecule has 5 heteroatoms. The van der Waals surface area contributed by atoms with Crippen molar-refractivity contribution >= 4 is 23.5 Å². The monoisotopic (exact) mass is 340 g/mol. The van der Waals surface area contributed by atoms with Crippen LogP contribution in [0.1, 0.15) is 16.7 Å². The van der Waals surface area contributed by atoms with Gasteiger partial charge in [-0.05, 0) is 36.8 Å². The lowest BCUT2D eigenvalue weighted by Gasteiger charge is -2.08. The molecule has 0 aliphatic carbocycles. The van der Waals surface area contributed by atoms with Crippen LogP contribution in [-0.4, -0.2) is 17.9 Å². The summed E-state index contributed by atoms with van der Waals surface area (Å²) in [5, 5.41) is 6.44. The highest BCUT2D eigenvalue weighted by Crippen LogP contribution is 2.17. The number of aryl methyl sites for hydroxylation is 1. The molecule has 0 aliphatic rings. The van der Waals surface area contributed by atoms with Crippen molar-refractivity contribution in [3.63, 3.8) is 0 Å². The number of nitrogens with one attached hydrogen (secondary N) is 3. The maximum Gasteiger partial charge on any atom is 0.224 e. The minimum absolute atomic E-state index is 0.504. The molecule has 2 rings (SSSR count). The number of thiocarbonyl (C=S) groups is 1. The van der Waals surface area contributed by atoms with Crippen molar-refractivity contribution in [1.82, 2.24) is 10.7 Å². The summed E-state index contributed by atoms with van der Waals surface area (Å²) in [4.78, 5) is 0. The van der Waals surface area contributed by atoms with Crippen LogP contribution in [0.15, 0.2) is 61.2 Å².